The van der Waals surface area contributed by atoms with Crippen molar-refractivity contribution in [1.29, 1.82) is 0 Å². The summed E-state index contributed by atoms with van der Waals surface area (Å²) in [5.41, 5.74) is 1.32. The average molecular weight is 456 g/mol. The van der Waals surface area contributed by atoms with E-state index >= 15 is 0 Å². The lowest BCUT2D eigenvalue weighted by Crippen LogP contribution is -2.47. The Morgan fingerprint density at radius 3 is 2.50 bits per heavy atom. The van der Waals surface area contributed by atoms with Gasteiger partial charge in [0.2, 0.25) is 21.8 Å². The van der Waals surface area contributed by atoms with Gasteiger partial charge in [-0.3, -0.25) is 14.5 Å². The van der Waals surface area contributed by atoms with Crippen LogP contribution in [0.1, 0.15) is 46.1 Å². The maximum absolute atomic E-state index is 12.8. The number of hydrogen-bond donors (Lipinski definition) is 1. The van der Waals surface area contributed by atoms with Gasteiger partial charge in [0.25, 0.3) is 0 Å². The molecule has 0 radical (unpaired) electrons. The van der Waals surface area contributed by atoms with Crippen molar-refractivity contribution in [1.82, 2.24) is 9.62 Å². The van der Waals surface area contributed by atoms with Crippen molar-refractivity contribution < 1.29 is 18.0 Å². The quantitative estimate of drug-likeness (QED) is 0.519. The lowest BCUT2D eigenvalue weighted by molar-refractivity contribution is -0.125. The number of rotatable bonds is 11. The molecule has 0 unspecified atom stereocenters. The molecule has 0 saturated heterocycles. The molecule has 0 fully saturated rings. The van der Waals surface area contributed by atoms with Gasteiger partial charge in [0.1, 0.15) is 6.04 Å². The SMILES string of the molecule is CCCSCCCNC(=O)[C@H]1Cc2cc(S(=O)(=O)N(CC)CC)ccc2N1C(C)=O. The minimum Gasteiger partial charge on any atom is -0.354 e. The molecule has 0 spiro atoms. The highest BCUT2D eigenvalue weighted by atomic mass is 32.2. The summed E-state index contributed by atoms with van der Waals surface area (Å²) in [6.45, 7) is 8.50. The van der Waals surface area contributed by atoms with Gasteiger partial charge in [0.05, 0.1) is 4.90 Å². The number of benzene rings is 1. The first-order valence-electron chi connectivity index (χ1n) is 10.6. The standard InChI is InChI=1S/C21H33N3O4S2/c1-5-12-29-13-8-11-22-21(26)20-15-17-14-18(30(27,28)23(6-2)7-3)9-10-19(17)24(20)16(4)25/h9-10,14,20H,5-8,11-13,15H2,1-4H3,(H,22,26)/t20-/m1/s1. The lowest BCUT2D eigenvalue weighted by Gasteiger charge is -2.23. The molecule has 0 aromatic heterocycles. The Morgan fingerprint density at radius 1 is 1.20 bits per heavy atom. The highest BCUT2D eigenvalue weighted by Gasteiger charge is 2.37. The molecule has 0 bridgehead atoms. The summed E-state index contributed by atoms with van der Waals surface area (Å²) in [6, 6.07) is 4.12. The van der Waals surface area contributed by atoms with Crippen molar-refractivity contribution in [2.45, 2.75) is 57.9 Å². The zero-order chi connectivity index (χ0) is 22.3. The van der Waals surface area contributed by atoms with E-state index < -0.39 is 16.1 Å². The van der Waals surface area contributed by atoms with Crippen LogP contribution >= 0.6 is 11.8 Å². The number of anilines is 1. The van der Waals surface area contributed by atoms with Gasteiger partial charge in [-0.2, -0.15) is 16.1 Å². The third-order valence-corrected chi connectivity index (χ3v) is 8.45. The number of fused-ring (bicyclic) bond motifs is 1. The second-order valence-electron chi connectivity index (χ2n) is 7.25. The molecule has 9 heteroatoms. The molecule has 30 heavy (non-hydrogen) atoms. The molecule has 168 valence electrons. The van der Waals surface area contributed by atoms with E-state index in [0.717, 1.165) is 24.3 Å². The van der Waals surface area contributed by atoms with Gasteiger partial charge in [-0.1, -0.05) is 20.8 Å². The van der Waals surface area contributed by atoms with Crippen molar-refractivity contribution in [3.63, 3.8) is 0 Å². The van der Waals surface area contributed by atoms with Gasteiger partial charge in [-0.25, -0.2) is 8.42 Å². The van der Waals surface area contributed by atoms with Crippen LogP contribution in [0.15, 0.2) is 23.1 Å². The molecule has 1 aromatic carbocycles. The van der Waals surface area contributed by atoms with Gasteiger partial charge in [-0.15, -0.1) is 0 Å². The molecular formula is C21H33N3O4S2. The van der Waals surface area contributed by atoms with Gasteiger partial charge in [0, 0.05) is 38.7 Å². The number of sulfonamides is 1. The fourth-order valence-electron chi connectivity index (χ4n) is 3.65. The van der Waals surface area contributed by atoms with E-state index in [2.05, 4.69) is 12.2 Å². The lowest BCUT2D eigenvalue weighted by atomic mass is 10.1. The van der Waals surface area contributed by atoms with Crippen molar-refractivity contribution in [2.24, 2.45) is 0 Å². The highest BCUT2D eigenvalue weighted by Crippen LogP contribution is 2.34. The molecule has 1 aromatic rings. The fraction of sp³-hybridized carbons (Fsp3) is 0.619. The molecule has 1 atom stereocenters. The van der Waals surface area contributed by atoms with Crippen molar-refractivity contribution in [3.05, 3.63) is 23.8 Å². The summed E-state index contributed by atoms with van der Waals surface area (Å²) in [7, 11) is -3.60. The monoisotopic (exact) mass is 455 g/mol. The van der Waals surface area contributed by atoms with Crippen molar-refractivity contribution in [3.8, 4) is 0 Å². The molecule has 1 aliphatic heterocycles. The van der Waals surface area contributed by atoms with Crippen LogP contribution in [0.4, 0.5) is 5.69 Å². The van der Waals surface area contributed by atoms with E-state index in [4.69, 9.17) is 0 Å². The minimum absolute atomic E-state index is 0.197. The van der Waals surface area contributed by atoms with Crippen LogP contribution in [0.5, 0.6) is 0 Å². The number of carbonyl (C=O) groups is 2. The molecule has 0 saturated carbocycles. The Bertz CT molecular complexity index is 854. The molecule has 1 N–H and O–H groups in total. The first kappa shape index (κ1) is 24.7. The van der Waals surface area contributed by atoms with Crippen LogP contribution in [0, 0.1) is 0 Å². The van der Waals surface area contributed by atoms with E-state index in [9.17, 15) is 18.0 Å². The third-order valence-electron chi connectivity index (χ3n) is 5.13. The Kier molecular flexibility index (Phi) is 9.18. The van der Waals surface area contributed by atoms with Crippen LogP contribution in [0.25, 0.3) is 0 Å². The molecule has 1 heterocycles. The van der Waals surface area contributed by atoms with Crippen LogP contribution < -0.4 is 10.2 Å². The van der Waals surface area contributed by atoms with E-state index in [-0.39, 0.29) is 16.7 Å². The summed E-state index contributed by atoms with van der Waals surface area (Å²) < 4.78 is 27.1. The van der Waals surface area contributed by atoms with E-state index in [0.29, 0.717) is 37.3 Å². The second-order valence-corrected chi connectivity index (χ2v) is 10.4. The molecule has 2 rings (SSSR count). The van der Waals surface area contributed by atoms with Crippen molar-refractivity contribution >= 4 is 39.3 Å². The summed E-state index contributed by atoms with van der Waals surface area (Å²) in [5.74, 6) is 1.67. The first-order chi connectivity index (χ1) is 14.3. The maximum Gasteiger partial charge on any atom is 0.243 e. The molecule has 2 amide bonds. The largest absolute Gasteiger partial charge is 0.354 e. The topological polar surface area (TPSA) is 86.8 Å². The minimum atomic E-state index is -3.60. The third kappa shape index (κ3) is 5.56. The summed E-state index contributed by atoms with van der Waals surface area (Å²) in [6.07, 6.45) is 2.33. The number of amides is 2. The summed E-state index contributed by atoms with van der Waals surface area (Å²) in [4.78, 5) is 26.7. The fourth-order valence-corrected chi connectivity index (χ4v) is 6.00. The number of nitrogens with zero attached hydrogens (tertiary/aromatic N) is 2. The van der Waals surface area contributed by atoms with E-state index in [1.807, 2.05) is 11.8 Å². The normalized spacial score (nSPS) is 16.0. The zero-order valence-corrected chi connectivity index (χ0v) is 19.9. The Labute approximate surface area is 184 Å². The predicted octanol–water partition coefficient (Wildman–Crippen LogP) is 2.64. The van der Waals surface area contributed by atoms with Crippen LogP contribution in [-0.2, 0) is 26.0 Å². The smallest absolute Gasteiger partial charge is 0.243 e. The molecular weight excluding hydrogens is 422 g/mol. The highest BCUT2D eigenvalue weighted by molar-refractivity contribution is 7.99. The van der Waals surface area contributed by atoms with E-state index in [1.165, 1.54) is 22.2 Å². The predicted molar refractivity (Wildman–Crippen MR) is 122 cm³/mol. The van der Waals surface area contributed by atoms with Gasteiger partial charge in [-0.05, 0) is 48.1 Å². The molecule has 0 aliphatic carbocycles. The molecule has 7 nitrogen and oxygen atoms in total. The van der Waals surface area contributed by atoms with Crippen LogP contribution in [0.2, 0.25) is 0 Å². The number of nitrogens with one attached hydrogen (secondary N) is 1. The maximum atomic E-state index is 12.8. The second kappa shape index (κ2) is 11.2. The number of thioether (sulfide) groups is 1. The Hall–Kier alpha value is -1.58. The van der Waals surface area contributed by atoms with Crippen LogP contribution in [-0.4, -0.2) is 61.7 Å². The number of carbonyl (C=O) groups excluding carboxylic acids is 2. The van der Waals surface area contributed by atoms with Crippen molar-refractivity contribution in [2.75, 3.05) is 36.0 Å². The summed E-state index contributed by atoms with van der Waals surface area (Å²) >= 11 is 1.87. The van der Waals surface area contributed by atoms with Gasteiger partial charge < -0.3 is 5.32 Å². The molecule has 1 aliphatic rings. The first-order valence-corrected chi connectivity index (χ1v) is 13.2. The van der Waals surface area contributed by atoms with E-state index in [1.54, 1.807) is 26.0 Å². The van der Waals surface area contributed by atoms with Crippen LogP contribution in [0.3, 0.4) is 0 Å². The zero-order valence-electron chi connectivity index (χ0n) is 18.3. The Balaban J connectivity index is 2.16. The van der Waals surface area contributed by atoms with Gasteiger partial charge in [0.15, 0.2) is 0 Å². The van der Waals surface area contributed by atoms with Gasteiger partial charge >= 0.3 is 0 Å². The number of hydrogen-bond acceptors (Lipinski definition) is 5. The average Bonchev–Trinajstić information content (AvgIpc) is 3.10. The Morgan fingerprint density at radius 2 is 1.90 bits per heavy atom. The summed E-state index contributed by atoms with van der Waals surface area (Å²) in [5, 5.41) is 2.93.